The van der Waals surface area contributed by atoms with Gasteiger partial charge in [-0.25, -0.2) is 6.07 Å². The first-order valence-electron chi connectivity index (χ1n) is 11.2. The zero-order valence-electron chi connectivity index (χ0n) is 21.7. The van der Waals surface area contributed by atoms with Crippen LogP contribution in [0.1, 0.15) is 90.1 Å². The van der Waals surface area contributed by atoms with Crippen LogP contribution in [-0.2, 0) is 48.9 Å². The van der Waals surface area contributed by atoms with Gasteiger partial charge in [-0.3, -0.25) is 0 Å². The molecule has 176 valence electrons. The maximum Gasteiger partial charge on any atom is 4.00 e. The van der Waals surface area contributed by atoms with Crippen molar-refractivity contribution in [2.75, 3.05) is 0 Å². The first kappa shape index (κ1) is 32.3. The summed E-state index contributed by atoms with van der Waals surface area (Å²) in [5.41, 5.74) is 10.5. The summed E-state index contributed by atoms with van der Waals surface area (Å²) in [4.78, 5) is 0. The monoisotopic (exact) mass is 558 g/mol. The van der Waals surface area contributed by atoms with E-state index in [1.165, 1.54) is 38.9 Å². The first-order chi connectivity index (χ1) is 13.8. The maximum absolute atomic E-state index is 3.53. The molecular formula is C30H38Cl2Zr. The van der Waals surface area contributed by atoms with Crippen LogP contribution in [0.4, 0.5) is 0 Å². The second kappa shape index (κ2) is 11.8. The molecule has 0 heterocycles. The molecule has 0 radical (unpaired) electrons. The number of hydrogen-bond acceptors (Lipinski definition) is 0. The Kier molecular flexibility index (Phi) is 11.5. The molecule has 3 aromatic rings. The van der Waals surface area contributed by atoms with Gasteiger partial charge in [-0.15, -0.1) is 5.56 Å². The Labute approximate surface area is 234 Å². The van der Waals surface area contributed by atoms with Gasteiger partial charge in [0.25, 0.3) is 0 Å². The molecule has 0 spiro atoms. The molecule has 3 aromatic carbocycles. The van der Waals surface area contributed by atoms with E-state index in [4.69, 9.17) is 0 Å². The Hall–Kier alpha value is -0.747. The van der Waals surface area contributed by atoms with E-state index in [1.54, 1.807) is 0 Å². The van der Waals surface area contributed by atoms with Gasteiger partial charge in [0.05, 0.1) is 0 Å². The van der Waals surface area contributed by atoms with Gasteiger partial charge in [-0.1, -0.05) is 102 Å². The fourth-order valence-electron chi connectivity index (χ4n) is 3.86. The van der Waals surface area contributed by atoms with Crippen LogP contribution >= 0.6 is 0 Å². The predicted molar refractivity (Wildman–Crippen MR) is 132 cm³/mol. The SMILES string of the molecule is CC(C)(C)c1c[c-]c2c(c1)-c1cc(C(C)(C)C)ccc1C2.CC(C)(C)c1cc[cH-]c1.[Cl-].[Cl-].[Zr+4]. The molecule has 33 heavy (non-hydrogen) atoms. The minimum atomic E-state index is 0. The van der Waals surface area contributed by atoms with Crippen molar-refractivity contribution >= 4 is 0 Å². The van der Waals surface area contributed by atoms with Crippen molar-refractivity contribution in [1.82, 2.24) is 0 Å². The number of fused-ring (bicyclic) bond motifs is 3. The van der Waals surface area contributed by atoms with Crippen LogP contribution in [0.5, 0.6) is 0 Å². The Morgan fingerprint density at radius 3 is 1.70 bits per heavy atom. The summed E-state index contributed by atoms with van der Waals surface area (Å²) in [6.07, 6.45) is 1.03. The molecule has 0 atom stereocenters. The average Bonchev–Trinajstić information content (AvgIpc) is 3.27. The van der Waals surface area contributed by atoms with Crippen LogP contribution in [0, 0.1) is 6.07 Å². The number of halogens is 2. The summed E-state index contributed by atoms with van der Waals surface area (Å²) in [5, 5.41) is 0. The van der Waals surface area contributed by atoms with E-state index in [0.717, 1.165) is 6.42 Å². The summed E-state index contributed by atoms with van der Waals surface area (Å²) in [6, 6.07) is 23.6. The number of rotatable bonds is 0. The van der Waals surface area contributed by atoms with E-state index in [0.29, 0.717) is 5.41 Å². The molecule has 0 N–H and O–H groups in total. The fourth-order valence-corrected chi connectivity index (χ4v) is 3.86. The normalized spacial score (nSPS) is 12.2. The molecule has 0 nitrogen and oxygen atoms in total. The van der Waals surface area contributed by atoms with E-state index >= 15 is 0 Å². The van der Waals surface area contributed by atoms with Gasteiger partial charge in [-0.05, 0) is 17.4 Å². The summed E-state index contributed by atoms with van der Waals surface area (Å²) < 4.78 is 0. The second-order valence-electron chi connectivity index (χ2n) is 11.8. The van der Waals surface area contributed by atoms with E-state index in [2.05, 4.69) is 123 Å². The molecule has 3 heteroatoms. The smallest absolute Gasteiger partial charge is 1.00 e. The number of hydrogen-bond donors (Lipinski definition) is 0. The van der Waals surface area contributed by atoms with Gasteiger partial charge in [0.15, 0.2) is 0 Å². The van der Waals surface area contributed by atoms with Gasteiger partial charge in [0, 0.05) is 0 Å². The van der Waals surface area contributed by atoms with Crippen molar-refractivity contribution in [3.63, 3.8) is 0 Å². The number of benzene rings is 2. The van der Waals surface area contributed by atoms with Crippen molar-refractivity contribution in [2.45, 2.75) is 85.0 Å². The van der Waals surface area contributed by atoms with Crippen molar-refractivity contribution in [3.8, 4) is 11.1 Å². The predicted octanol–water partition coefficient (Wildman–Crippen LogP) is 2.36. The van der Waals surface area contributed by atoms with Crippen LogP contribution in [-0.4, -0.2) is 0 Å². The van der Waals surface area contributed by atoms with E-state index in [9.17, 15) is 0 Å². The van der Waals surface area contributed by atoms with Crippen molar-refractivity contribution in [1.29, 1.82) is 0 Å². The largest absolute Gasteiger partial charge is 4.00 e. The van der Waals surface area contributed by atoms with Crippen molar-refractivity contribution in [2.24, 2.45) is 0 Å². The van der Waals surface area contributed by atoms with Gasteiger partial charge in [0.1, 0.15) is 0 Å². The third kappa shape index (κ3) is 7.88. The van der Waals surface area contributed by atoms with Crippen LogP contribution in [0.15, 0.2) is 54.6 Å². The zero-order valence-corrected chi connectivity index (χ0v) is 25.6. The Balaban J connectivity index is 0.000000733. The van der Waals surface area contributed by atoms with Gasteiger partial charge >= 0.3 is 26.2 Å². The van der Waals surface area contributed by atoms with E-state index in [-0.39, 0.29) is 61.8 Å². The van der Waals surface area contributed by atoms with Crippen LogP contribution in [0.3, 0.4) is 0 Å². The van der Waals surface area contributed by atoms with Crippen molar-refractivity contribution in [3.05, 3.63) is 88.5 Å². The summed E-state index contributed by atoms with van der Waals surface area (Å²) >= 11 is 0. The Bertz CT molecular complexity index is 949. The Morgan fingerprint density at radius 2 is 1.24 bits per heavy atom. The van der Waals surface area contributed by atoms with Crippen molar-refractivity contribution < 1.29 is 51.0 Å². The van der Waals surface area contributed by atoms with Gasteiger partial charge < -0.3 is 24.8 Å². The molecule has 0 aliphatic heterocycles. The minimum Gasteiger partial charge on any atom is -1.00 e. The molecule has 0 fully saturated rings. The van der Waals surface area contributed by atoms with Crippen LogP contribution < -0.4 is 24.8 Å². The molecule has 0 unspecified atom stereocenters. The van der Waals surface area contributed by atoms with Crippen LogP contribution in [0.2, 0.25) is 0 Å². The standard InChI is InChI=1S/C21H25.C9H13.2ClH.Zr/c1-20(2,3)16-9-7-14-11-15-8-10-17(21(4,5)6)13-19(15)18(14)12-16;1-9(2,3)8-6-4-5-7-8;;;/h7,9-10,12-13H,11H2,1-6H3;4-7H,1-3H3;2*1H;/q2*-1;;;+4/p-2. The molecule has 0 bridgehead atoms. The summed E-state index contributed by atoms with van der Waals surface area (Å²) in [5.74, 6) is 0. The first-order valence-corrected chi connectivity index (χ1v) is 11.2. The molecule has 0 saturated carbocycles. The summed E-state index contributed by atoms with van der Waals surface area (Å²) in [7, 11) is 0. The molecular weight excluding hydrogens is 522 g/mol. The molecule has 0 amide bonds. The van der Waals surface area contributed by atoms with Crippen LogP contribution in [0.25, 0.3) is 11.1 Å². The molecule has 1 aliphatic carbocycles. The molecule has 1 aliphatic rings. The fraction of sp³-hybridized carbons (Fsp3) is 0.433. The topological polar surface area (TPSA) is 0 Å². The third-order valence-corrected chi connectivity index (χ3v) is 6.05. The molecule has 0 saturated heterocycles. The Morgan fingerprint density at radius 1 is 0.697 bits per heavy atom. The minimum absolute atomic E-state index is 0. The zero-order chi connectivity index (χ0) is 22.3. The van der Waals surface area contributed by atoms with Gasteiger partial charge in [0.2, 0.25) is 0 Å². The molecule has 4 rings (SSSR count). The van der Waals surface area contributed by atoms with E-state index in [1.807, 2.05) is 0 Å². The van der Waals surface area contributed by atoms with E-state index < -0.39 is 0 Å². The average molecular weight is 561 g/mol. The quantitative estimate of drug-likeness (QED) is 0.290. The second-order valence-corrected chi connectivity index (χ2v) is 11.8. The van der Waals surface area contributed by atoms with Gasteiger partial charge in [-0.2, -0.15) is 53.1 Å². The molecule has 0 aromatic heterocycles. The third-order valence-electron chi connectivity index (χ3n) is 6.05. The maximum atomic E-state index is 3.53. The summed E-state index contributed by atoms with van der Waals surface area (Å²) in [6.45, 7) is 20.3.